The van der Waals surface area contributed by atoms with E-state index in [1.807, 2.05) is 0 Å². The van der Waals surface area contributed by atoms with Crippen molar-refractivity contribution in [2.45, 2.75) is 38.4 Å². The summed E-state index contributed by atoms with van der Waals surface area (Å²) in [5.41, 5.74) is 0. The summed E-state index contributed by atoms with van der Waals surface area (Å²) in [6.45, 7) is 2.12. The molecule has 2 N–H and O–H groups in total. The fourth-order valence-corrected chi connectivity index (χ4v) is 1.40. The molecule has 0 unspecified atom stereocenters. The molecule has 0 heterocycles. The van der Waals surface area contributed by atoms with Gasteiger partial charge >= 0.3 is 0 Å². The first-order valence-corrected chi connectivity index (χ1v) is 3.87. The van der Waals surface area contributed by atoms with E-state index in [9.17, 15) is 0 Å². The summed E-state index contributed by atoms with van der Waals surface area (Å²) in [4.78, 5) is 8.21. The van der Waals surface area contributed by atoms with Gasteiger partial charge in [0.1, 0.15) is 0 Å². The van der Waals surface area contributed by atoms with Crippen LogP contribution in [-0.2, 0) is 9.78 Å². The molecule has 4 nitrogen and oxygen atoms in total. The lowest BCUT2D eigenvalue weighted by atomic mass is 9.86. The average molecular weight is 162 g/mol. The summed E-state index contributed by atoms with van der Waals surface area (Å²) in [5.74, 6) is -0.527. The lowest BCUT2D eigenvalue weighted by Crippen LogP contribution is -2.37. The zero-order valence-electron chi connectivity index (χ0n) is 6.62. The highest BCUT2D eigenvalue weighted by Gasteiger charge is 2.37. The molecule has 0 saturated heterocycles. The van der Waals surface area contributed by atoms with E-state index < -0.39 is 5.79 Å². The first-order valence-electron chi connectivity index (χ1n) is 3.87. The van der Waals surface area contributed by atoms with E-state index in [-0.39, 0.29) is 0 Å². The highest BCUT2D eigenvalue weighted by molar-refractivity contribution is 4.75. The summed E-state index contributed by atoms with van der Waals surface area (Å²) < 4.78 is 0. The standard InChI is InChI=1S/C7H14O4/c1-6-2-4-7(10-8,11-9)5-3-6/h6,8-9H,2-5H2,1H3. The minimum atomic E-state index is -1.15. The maximum Gasteiger partial charge on any atom is 0.233 e. The van der Waals surface area contributed by atoms with Crippen molar-refractivity contribution < 1.29 is 20.3 Å². The highest BCUT2D eigenvalue weighted by atomic mass is 17.2. The van der Waals surface area contributed by atoms with Crippen LogP contribution in [0.4, 0.5) is 0 Å². The first kappa shape index (κ1) is 8.93. The third kappa shape index (κ3) is 1.90. The summed E-state index contributed by atoms with van der Waals surface area (Å²) in [6.07, 6.45) is 2.89. The maximum atomic E-state index is 8.44. The molecule has 1 aliphatic carbocycles. The largest absolute Gasteiger partial charge is 0.249 e. The van der Waals surface area contributed by atoms with E-state index in [1.54, 1.807) is 0 Å². The Balaban J connectivity index is 2.45. The molecule has 1 fully saturated rings. The fraction of sp³-hybridized carbons (Fsp3) is 1.00. The molecule has 0 aromatic rings. The van der Waals surface area contributed by atoms with Gasteiger partial charge in [0.25, 0.3) is 0 Å². The van der Waals surface area contributed by atoms with Crippen molar-refractivity contribution in [2.24, 2.45) is 5.92 Å². The Morgan fingerprint density at radius 1 is 1.18 bits per heavy atom. The van der Waals surface area contributed by atoms with Gasteiger partial charge in [-0.05, 0) is 18.8 Å². The molecule has 0 spiro atoms. The van der Waals surface area contributed by atoms with Crippen LogP contribution in [0.3, 0.4) is 0 Å². The van der Waals surface area contributed by atoms with Crippen LogP contribution in [0.25, 0.3) is 0 Å². The minimum absolute atomic E-state index is 0.543. The van der Waals surface area contributed by atoms with Gasteiger partial charge in [-0.1, -0.05) is 6.92 Å². The van der Waals surface area contributed by atoms with Crippen LogP contribution >= 0.6 is 0 Å². The topological polar surface area (TPSA) is 58.9 Å². The monoisotopic (exact) mass is 162 g/mol. The zero-order valence-corrected chi connectivity index (χ0v) is 6.62. The van der Waals surface area contributed by atoms with Crippen molar-refractivity contribution in [3.05, 3.63) is 0 Å². The van der Waals surface area contributed by atoms with Crippen LogP contribution in [0, 0.1) is 5.92 Å². The molecule has 11 heavy (non-hydrogen) atoms. The molecule has 0 bridgehead atoms. The zero-order chi connectivity index (χ0) is 8.32. The Bertz CT molecular complexity index is 112. The Hall–Kier alpha value is -0.160. The normalized spacial score (nSPS) is 25.4. The van der Waals surface area contributed by atoms with Gasteiger partial charge < -0.3 is 0 Å². The van der Waals surface area contributed by atoms with Crippen LogP contribution in [-0.4, -0.2) is 16.3 Å². The number of hydrogen-bond donors (Lipinski definition) is 2. The molecule has 0 aromatic heterocycles. The molecular weight excluding hydrogens is 148 g/mol. The first-order chi connectivity index (χ1) is 5.22. The lowest BCUT2D eigenvalue weighted by Gasteiger charge is -2.32. The van der Waals surface area contributed by atoms with Crippen LogP contribution in [0.5, 0.6) is 0 Å². The Labute approximate surface area is 65.6 Å². The summed E-state index contributed by atoms with van der Waals surface area (Å²) in [5, 5.41) is 16.9. The van der Waals surface area contributed by atoms with Gasteiger partial charge in [0.15, 0.2) is 0 Å². The molecule has 0 aromatic carbocycles. The second-order valence-corrected chi connectivity index (χ2v) is 3.28. The van der Waals surface area contributed by atoms with Gasteiger partial charge in [-0.15, -0.1) is 0 Å². The molecular formula is C7H14O4. The average Bonchev–Trinajstić information content (AvgIpc) is 2.07. The van der Waals surface area contributed by atoms with Gasteiger partial charge in [-0.25, -0.2) is 20.3 Å². The summed E-state index contributed by atoms with van der Waals surface area (Å²) >= 11 is 0. The Morgan fingerprint density at radius 3 is 2.00 bits per heavy atom. The van der Waals surface area contributed by atoms with Crippen molar-refractivity contribution in [3.8, 4) is 0 Å². The molecule has 0 atom stereocenters. The van der Waals surface area contributed by atoms with E-state index in [2.05, 4.69) is 16.7 Å². The van der Waals surface area contributed by atoms with E-state index in [0.29, 0.717) is 18.8 Å². The van der Waals surface area contributed by atoms with Crippen LogP contribution in [0.2, 0.25) is 0 Å². The van der Waals surface area contributed by atoms with Gasteiger partial charge in [0.05, 0.1) is 0 Å². The van der Waals surface area contributed by atoms with Crippen molar-refractivity contribution in [3.63, 3.8) is 0 Å². The molecule has 0 radical (unpaired) electrons. The predicted octanol–water partition coefficient (Wildman–Crippen LogP) is 1.87. The van der Waals surface area contributed by atoms with E-state index in [0.717, 1.165) is 12.8 Å². The highest BCUT2D eigenvalue weighted by Crippen LogP contribution is 2.34. The summed E-state index contributed by atoms with van der Waals surface area (Å²) in [7, 11) is 0. The van der Waals surface area contributed by atoms with Gasteiger partial charge in [-0.2, -0.15) is 0 Å². The van der Waals surface area contributed by atoms with Gasteiger partial charge in [-0.3, -0.25) is 0 Å². The second-order valence-electron chi connectivity index (χ2n) is 3.28. The molecule has 4 heteroatoms. The Morgan fingerprint density at radius 2 is 1.64 bits per heavy atom. The van der Waals surface area contributed by atoms with E-state index in [4.69, 9.17) is 10.5 Å². The lowest BCUT2D eigenvalue weighted by molar-refractivity contribution is -0.493. The molecule has 0 amide bonds. The van der Waals surface area contributed by atoms with Crippen molar-refractivity contribution >= 4 is 0 Å². The fourth-order valence-electron chi connectivity index (χ4n) is 1.40. The maximum absolute atomic E-state index is 8.44. The van der Waals surface area contributed by atoms with Crippen molar-refractivity contribution in [2.75, 3.05) is 0 Å². The third-order valence-electron chi connectivity index (χ3n) is 2.37. The quantitative estimate of drug-likeness (QED) is 0.369. The second kappa shape index (κ2) is 3.49. The van der Waals surface area contributed by atoms with Crippen molar-refractivity contribution in [1.29, 1.82) is 0 Å². The number of hydrogen-bond acceptors (Lipinski definition) is 4. The predicted molar refractivity (Wildman–Crippen MR) is 37.8 cm³/mol. The van der Waals surface area contributed by atoms with E-state index >= 15 is 0 Å². The smallest absolute Gasteiger partial charge is 0.233 e. The van der Waals surface area contributed by atoms with E-state index in [1.165, 1.54) is 0 Å². The number of rotatable bonds is 2. The van der Waals surface area contributed by atoms with Crippen LogP contribution in [0.15, 0.2) is 0 Å². The van der Waals surface area contributed by atoms with Crippen LogP contribution < -0.4 is 0 Å². The van der Waals surface area contributed by atoms with Crippen LogP contribution in [0.1, 0.15) is 32.6 Å². The van der Waals surface area contributed by atoms with Gasteiger partial charge in [0.2, 0.25) is 5.79 Å². The van der Waals surface area contributed by atoms with Crippen molar-refractivity contribution in [1.82, 2.24) is 0 Å². The molecule has 1 saturated carbocycles. The minimum Gasteiger partial charge on any atom is -0.249 e. The molecule has 1 rings (SSSR count). The third-order valence-corrected chi connectivity index (χ3v) is 2.37. The summed E-state index contributed by atoms with van der Waals surface area (Å²) in [6, 6.07) is 0. The van der Waals surface area contributed by atoms with Gasteiger partial charge in [0, 0.05) is 12.8 Å². The molecule has 66 valence electrons. The SMILES string of the molecule is CC1CCC(OO)(OO)CC1. The Kier molecular flexibility index (Phi) is 2.84. The molecule has 0 aliphatic heterocycles. The molecule has 1 aliphatic rings.